The number of amides is 1. The number of hydrogen-bond acceptors (Lipinski definition) is 4. The molecule has 1 amide bonds. The molecule has 5 heteroatoms. The maximum Gasteiger partial charge on any atom is 0.254 e. The molecule has 0 unspecified atom stereocenters. The highest BCUT2D eigenvalue weighted by Crippen LogP contribution is 2.24. The Morgan fingerprint density at radius 2 is 1.89 bits per heavy atom. The van der Waals surface area contributed by atoms with Gasteiger partial charge in [0.15, 0.2) is 0 Å². The van der Waals surface area contributed by atoms with Crippen LogP contribution in [0.5, 0.6) is 11.5 Å². The molecule has 1 atom stereocenters. The smallest absolute Gasteiger partial charge is 0.254 e. The summed E-state index contributed by atoms with van der Waals surface area (Å²) in [5, 5.41) is 9.45. The monoisotopic (exact) mass is 251 g/mol. The Bertz CT molecular complexity index is 424. The lowest BCUT2D eigenvalue weighted by molar-refractivity contribution is 0.0764. The number of aliphatic hydroxyl groups excluding tert-OH is 1. The third kappa shape index (κ3) is 2.56. The van der Waals surface area contributed by atoms with Gasteiger partial charge in [0.25, 0.3) is 5.91 Å². The topological polar surface area (TPSA) is 59.0 Å². The van der Waals surface area contributed by atoms with Crippen LogP contribution in [0.25, 0.3) is 0 Å². The Hall–Kier alpha value is -1.75. The van der Waals surface area contributed by atoms with Crippen LogP contribution in [-0.2, 0) is 0 Å². The van der Waals surface area contributed by atoms with E-state index in [2.05, 4.69) is 0 Å². The van der Waals surface area contributed by atoms with Crippen molar-refractivity contribution in [3.05, 3.63) is 23.8 Å². The molecular formula is C13H17NO4. The fourth-order valence-electron chi connectivity index (χ4n) is 2.04. The summed E-state index contributed by atoms with van der Waals surface area (Å²) < 4.78 is 10.3. The molecule has 1 aliphatic rings. The second kappa shape index (κ2) is 5.27. The molecule has 1 heterocycles. The molecule has 1 N–H and O–H groups in total. The molecule has 1 aromatic carbocycles. The van der Waals surface area contributed by atoms with E-state index in [1.807, 2.05) is 0 Å². The quantitative estimate of drug-likeness (QED) is 0.867. The summed E-state index contributed by atoms with van der Waals surface area (Å²) in [5.74, 6) is 1.05. The Labute approximate surface area is 106 Å². The first-order valence-corrected chi connectivity index (χ1v) is 5.84. The first kappa shape index (κ1) is 12.7. The molecule has 1 aromatic rings. The first-order chi connectivity index (χ1) is 8.63. The summed E-state index contributed by atoms with van der Waals surface area (Å²) in [7, 11) is 3.09. The Balaban J connectivity index is 2.24. The van der Waals surface area contributed by atoms with Crippen LogP contribution in [0.4, 0.5) is 0 Å². The highest BCUT2D eigenvalue weighted by Gasteiger charge is 2.25. The number of ether oxygens (including phenoxy) is 2. The van der Waals surface area contributed by atoms with Crippen LogP contribution in [0.3, 0.4) is 0 Å². The van der Waals surface area contributed by atoms with Crippen molar-refractivity contribution in [1.29, 1.82) is 0 Å². The number of rotatable bonds is 3. The zero-order valence-corrected chi connectivity index (χ0v) is 10.5. The van der Waals surface area contributed by atoms with Crippen molar-refractivity contribution in [3.8, 4) is 11.5 Å². The van der Waals surface area contributed by atoms with Crippen LogP contribution in [0, 0.1) is 0 Å². The minimum absolute atomic E-state index is 0.108. The Morgan fingerprint density at radius 3 is 2.33 bits per heavy atom. The summed E-state index contributed by atoms with van der Waals surface area (Å²) in [4.78, 5) is 13.9. The van der Waals surface area contributed by atoms with Crippen LogP contribution < -0.4 is 9.47 Å². The van der Waals surface area contributed by atoms with Gasteiger partial charge in [-0.1, -0.05) is 0 Å². The van der Waals surface area contributed by atoms with Gasteiger partial charge in [0, 0.05) is 24.7 Å². The zero-order valence-electron chi connectivity index (χ0n) is 10.5. The zero-order chi connectivity index (χ0) is 13.1. The van der Waals surface area contributed by atoms with E-state index in [1.165, 1.54) is 0 Å². The summed E-state index contributed by atoms with van der Waals surface area (Å²) in [6, 6.07) is 5.07. The number of hydrogen-bond donors (Lipinski definition) is 1. The highest BCUT2D eigenvalue weighted by molar-refractivity contribution is 5.95. The van der Waals surface area contributed by atoms with Gasteiger partial charge in [-0.3, -0.25) is 4.79 Å². The van der Waals surface area contributed by atoms with Gasteiger partial charge >= 0.3 is 0 Å². The SMILES string of the molecule is COc1cc(OC)cc(C(=O)N2CC[C@@H](O)C2)c1. The molecule has 0 bridgehead atoms. The predicted molar refractivity (Wildman–Crippen MR) is 66.1 cm³/mol. The fourth-order valence-corrected chi connectivity index (χ4v) is 2.04. The van der Waals surface area contributed by atoms with Gasteiger partial charge in [-0.05, 0) is 18.6 Å². The number of β-amino-alcohol motifs (C(OH)–C–C–N with tert-alkyl or cyclic N) is 1. The average Bonchev–Trinajstić information content (AvgIpc) is 2.83. The molecule has 0 aliphatic carbocycles. The van der Waals surface area contributed by atoms with E-state index in [9.17, 15) is 9.90 Å². The lowest BCUT2D eigenvalue weighted by Gasteiger charge is -2.16. The van der Waals surface area contributed by atoms with Crippen molar-refractivity contribution in [1.82, 2.24) is 4.90 Å². The number of benzene rings is 1. The van der Waals surface area contributed by atoms with Crippen molar-refractivity contribution in [2.75, 3.05) is 27.3 Å². The van der Waals surface area contributed by atoms with E-state index >= 15 is 0 Å². The second-order valence-electron chi connectivity index (χ2n) is 4.30. The lowest BCUT2D eigenvalue weighted by Crippen LogP contribution is -2.29. The largest absolute Gasteiger partial charge is 0.497 e. The van der Waals surface area contributed by atoms with E-state index in [-0.39, 0.29) is 5.91 Å². The normalized spacial score (nSPS) is 18.8. The number of nitrogens with zero attached hydrogens (tertiary/aromatic N) is 1. The first-order valence-electron chi connectivity index (χ1n) is 5.84. The lowest BCUT2D eigenvalue weighted by atomic mass is 10.1. The Kier molecular flexibility index (Phi) is 3.72. The molecule has 0 aromatic heterocycles. The number of aliphatic hydroxyl groups is 1. The molecule has 18 heavy (non-hydrogen) atoms. The molecule has 0 spiro atoms. The number of likely N-dealkylation sites (tertiary alicyclic amines) is 1. The van der Waals surface area contributed by atoms with Crippen molar-refractivity contribution in [2.45, 2.75) is 12.5 Å². The summed E-state index contributed by atoms with van der Waals surface area (Å²) in [5.41, 5.74) is 0.514. The van der Waals surface area contributed by atoms with Gasteiger partial charge in [-0.2, -0.15) is 0 Å². The maximum atomic E-state index is 12.2. The van der Waals surface area contributed by atoms with Crippen molar-refractivity contribution in [2.24, 2.45) is 0 Å². The minimum Gasteiger partial charge on any atom is -0.497 e. The average molecular weight is 251 g/mol. The summed E-state index contributed by atoms with van der Waals surface area (Å²) in [6.45, 7) is 0.970. The molecule has 5 nitrogen and oxygen atoms in total. The van der Waals surface area contributed by atoms with Gasteiger partial charge < -0.3 is 19.5 Å². The molecule has 0 radical (unpaired) electrons. The van der Waals surface area contributed by atoms with Gasteiger partial charge in [0.1, 0.15) is 11.5 Å². The molecule has 0 saturated carbocycles. The minimum atomic E-state index is -0.415. The van der Waals surface area contributed by atoms with Crippen molar-refractivity contribution in [3.63, 3.8) is 0 Å². The van der Waals surface area contributed by atoms with Crippen LogP contribution in [-0.4, -0.2) is 49.3 Å². The van der Waals surface area contributed by atoms with Crippen LogP contribution in [0.15, 0.2) is 18.2 Å². The molecule has 1 saturated heterocycles. The van der Waals surface area contributed by atoms with E-state index in [1.54, 1.807) is 37.3 Å². The summed E-state index contributed by atoms with van der Waals surface area (Å²) >= 11 is 0. The van der Waals surface area contributed by atoms with E-state index < -0.39 is 6.10 Å². The van der Waals surface area contributed by atoms with Crippen LogP contribution in [0.1, 0.15) is 16.8 Å². The fraction of sp³-hybridized carbons (Fsp3) is 0.462. The molecule has 1 aliphatic heterocycles. The molecular weight excluding hydrogens is 234 g/mol. The van der Waals surface area contributed by atoms with Crippen LogP contribution in [0.2, 0.25) is 0 Å². The number of carbonyl (C=O) groups excluding carboxylic acids is 1. The predicted octanol–water partition coefficient (Wildman–Crippen LogP) is 0.911. The van der Waals surface area contributed by atoms with Gasteiger partial charge in [-0.25, -0.2) is 0 Å². The van der Waals surface area contributed by atoms with Gasteiger partial charge in [-0.15, -0.1) is 0 Å². The molecule has 2 rings (SSSR count). The highest BCUT2D eigenvalue weighted by atomic mass is 16.5. The molecule has 98 valence electrons. The number of carbonyl (C=O) groups is 1. The van der Waals surface area contributed by atoms with E-state index in [0.29, 0.717) is 36.6 Å². The third-order valence-electron chi connectivity index (χ3n) is 3.05. The summed E-state index contributed by atoms with van der Waals surface area (Å²) in [6.07, 6.45) is 0.216. The van der Waals surface area contributed by atoms with E-state index in [4.69, 9.17) is 9.47 Å². The van der Waals surface area contributed by atoms with Crippen molar-refractivity contribution < 1.29 is 19.4 Å². The van der Waals surface area contributed by atoms with Gasteiger partial charge in [0.05, 0.1) is 20.3 Å². The maximum absolute atomic E-state index is 12.2. The second-order valence-corrected chi connectivity index (χ2v) is 4.30. The van der Waals surface area contributed by atoms with Crippen LogP contribution >= 0.6 is 0 Å². The standard InChI is InChI=1S/C13H17NO4/c1-17-11-5-9(6-12(7-11)18-2)13(16)14-4-3-10(15)8-14/h5-7,10,15H,3-4,8H2,1-2H3/t10-/m1/s1. The molecule has 1 fully saturated rings. The Morgan fingerprint density at radius 1 is 1.28 bits per heavy atom. The third-order valence-corrected chi connectivity index (χ3v) is 3.05. The van der Waals surface area contributed by atoms with Crippen molar-refractivity contribution >= 4 is 5.91 Å². The van der Waals surface area contributed by atoms with E-state index in [0.717, 1.165) is 0 Å². The van der Waals surface area contributed by atoms with Gasteiger partial charge in [0.2, 0.25) is 0 Å². The number of methoxy groups -OCH3 is 2.